The van der Waals surface area contributed by atoms with Crippen molar-refractivity contribution in [2.75, 3.05) is 0 Å². The zero-order valence-electron chi connectivity index (χ0n) is 8.97. The predicted molar refractivity (Wildman–Crippen MR) is 56.5 cm³/mol. The fourth-order valence-corrected chi connectivity index (χ4v) is 1.16. The molecule has 16 heavy (non-hydrogen) atoms. The molecule has 0 bridgehead atoms. The molecular weight excluding hydrogens is 214 g/mol. The zero-order valence-corrected chi connectivity index (χ0v) is 8.97. The van der Waals surface area contributed by atoms with Crippen LogP contribution in [0.3, 0.4) is 0 Å². The topological polar surface area (TPSA) is 55.1 Å². The summed E-state index contributed by atoms with van der Waals surface area (Å²) in [4.78, 5) is 11.3. The Morgan fingerprint density at radius 2 is 2.12 bits per heavy atom. The van der Waals surface area contributed by atoms with Crippen LogP contribution in [-0.4, -0.2) is 11.9 Å². The Morgan fingerprint density at radius 3 is 2.69 bits per heavy atom. The average molecular weight is 228 g/mol. The molecule has 1 aromatic carbocycles. The Hall–Kier alpha value is -1.49. The van der Waals surface area contributed by atoms with E-state index < -0.39 is 17.7 Å². The van der Waals surface area contributed by atoms with Gasteiger partial charge < -0.3 is 11.1 Å². The summed E-state index contributed by atoms with van der Waals surface area (Å²) in [7, 11) is 0. The lowest BCUT2D eigenvalue weighted by Gasteiger charge is -2.10. The number of carbonyl (C=O) groups is 1. The van der Waals surface area contributed by atoms with Gasteiger partial charge >= 0.3 is 0 Å². The third kappa shape index (κ3) is 3.27. The molecule has 0 aliphatic rings. The van der Waals surface area contributed by atoms with E-state index in [0.29, 0.717) is 12.0 Å². The molecule has 88 valence electrons. The largest absolute Gasteiger partial charge is 0.351 e. The highest BCUT2D eigenvalue weighted by atomic mass is 19.2. The molecule has 3 nitrogen and oxygen atoms in total. The van der Waals surface area contributed by atoms with E-state index in [4.69, 9.17) is 5.73 Å². The van der Waals surface area contributed by atoms with Gasteiger partial charge in [-0.1, -0.05) is 13.0 Å². The Bertz CT molecular complexity index is 382. The van der Waals surface area contributed by atoms with Crippen molar-refractivity contribution in [1.29, 1.82) is 0 Å². The lowest BCUT2D eigenvalue weighted by Crippen LogP contribution is -2.39. The van der Waals surface area contributed by atoms with Gasteiger partial charge in [-0.2, -0.15) is 0 Å². The molecule has 0 spiro atoms. The number of hydrogen-bond acceptors (Lipinski definition) is 2. The quantitative estimate of drug-likeness (QED) is 0.816. The van der Waals surface area contributed by atoms with Crippen molar-refractivity contribution in [3.05, 3.63) is 35.4 Å². The van der Waals surface area contributed by atoms with Crippen LogP contribution >= 0.6 is 0 Å². The van der Waals surface area contributed by atoms with Crippen molar-refractivity contribution >= 4 is 5.91 Å². The maximum Gasteiger partial charge on any atom is 0.237 e. The first-order valence-corrected chi connectivity index (χ1v) is 5.01. The summed E-state index contributed by atoms with van der Waals surface area (Å²) in [5.41, 5.74) is 5.98. The van der Waals surface area contributed by atoms with E-state index in [1.807, 2.05) is 0 Å². The third-order valence-electron chi connectivity index (χ3n) is 2.23. The predicted octanol–water partition coefficient (Wildman–Crippen LogP) is 1.32. The van der Waals surface area contributed by atoms with Gasteiger partial charge in [0.05, 0.1) is 6.04 Å². The summed E-state index contributed by atoms with van der Waals surface area (Å²) in [6.07, 6.45) is 0.531. The van der Waals surface area contributed by atoms with Gasteiger partial charge in [-0.15, -0.1) is 0 Å². The number of nitrogens with one attached hydrogen (secondary N) is 1. The lowest BCUT2D eigenvalue weighted by molar-refractivity contribution is -0.122. The Kier molecular flexibility index (Phi) is 4.37. The van der Waals surface area contributed by atoms with E-state index in [1.54, 1.807) is 6.92 Å². The highest BCUT2D eigenvalue weighted by Crippen LogP contribution is 2.08. The van der Waals surface area contributed by atoms with E-state index >= 15 is 0 Å². The standard InChI is InChI=1S/C11H14F2N2O/c1-2-10(14)11(16)15-6-7-3-4-8(12)9(13)5-7/h3-5,10H,2,6,14H2,1H3,(H,15,16)/t10-/m1/s1. The molecule has 1 amide bonds. The van der Waals surface area contributed by atoms with E-state index in [0.717, 1.165) is 12.1 Å². The van der Waals surface area contributed by atoms with E-state index in [-0.39, 0.29) is 12.5 Å². The molecule has 0 aliphatic heterocycles. The van der Waals surface area contributed by atoms with Crippen LogP contribution in [0.15, 0.2) is 18.2 Å². The number of benzene rings is 1. The summed E-state index contributed by atoms with van der Waals surface area (Å²) >= 11 is 0. The van der Waals surface area contributed by atoms with Gasteiger partial charge in [0.25, 0.3) is 0 Å². The van der Waals surface area contributed by atoms with Crippen molar-refractivity contribution in [2.45, 2.75) is 25.9 Å². The SMILES string of the molecule is CC[C@@H](N)C(=O)NCc1ccc(F)c(F)c1. The van der Waals surface area contributed by atoms with Crippen molar-refractivity contribution in [3.63, 3.8) is 0 Å². The van der Waals surface area contributed by atoms with Crippen molar-refractivity contribution in [1.82, 2.24) is 5.32 Å². The van der Waals surface area contributed by atoms with Gasteiger partial charge in [-0.25, -0.2) is 8.78 Å². The van der Waals surface area contributed by atoms with Crippen molar-refractivity contribution < 1.29 is 13.6 Å². The molecule has 0 heterocycles. The normalized spacial score (nSPS) is 12.2. The number of hydrogen-bond donors (Lipinski definition) is 2. The summed E-state index contributed by atoms with van der Waals surface area (Å²) in [5, 5.41) is 2.54. The second kappa shape index (κ2) is 5.55. The van der Waals surface area contributed by atoms with Crippen LogP contribution in [0.2, 0.25) is 0 Å². The summed E-state index contributed by atoms with van der Waals surface area (Å²) < 4.78 is 25.4. The molecule has 1 atom stereocenters. The first kappa shape index (κ1) is 12.6. The van der Waals surface area contributed by atoms with Crippen LogP contribution in [-0.2, 0) is 11.3 Å². The van der Waals surface area contributed by atoms with E-state index in [1.165, 1.54) is 6.07 Å². The maximum atomic E-state index is 12.8. The van der Waals surface area contributed by atoms with Crippen LogP contribution in [0.5, 0.6) is 0 Å². The molecule has 5 heteroatoms. The molecule has 0 saturated heterocycles. The van der Waals surface area contributed by atoms with Gasteiger partial charge in [0.15, 0.2) is 11.6 Å². The van der Waals surface area contributed by atoms with Gasteiger partial charge in [-0.3, -0.25) is 4.79 Å². The number of halogens is 2. The second-order valence-electron chi connectivity index (χ2n) is 3.48. The summed E-state index contributed by atoms with van der Waals surface area (Å²) in [6.45, 7) is 1.94. The van der Waals surface area contributed by atoms with Crippen LogP contribution in [0.25, 0.3) is 0 Å². The molecular formula is C11H14F2N2O. The van der Waals surface area contributed by atoms with Gasteiger partial charge in [0.1, 0.15) is 0 Å². The van der Waals surface area contributed by atoms with Crippen LogP contribution in [0.4, 0.5) is 8.78 Å². The lowest BCUT2D eigenvalue weighted by atomic mass is 10.2. The first-order chi connectivity index (χ1) is 7.54. The van der Waals surface area contributed by atoms with E-state index in [2.05, 4.69) is 5.32 Å². The summed E-state index contributed by atoms with van der Waals surface area (Å²) in [5.74, 6) is -2.13. The number of carbonyl (C=O) groups excluding carboxylic acids is 1. The van der Waals surface area contributed by atoms with Gasteiger partial charge in [-0.05, 0) is 24.1 Å². The maximum absolute atomic E-state index is 12.8. The van der Waals surface area contributed by atoms with E-state index in [9.17, 15) is 13.6 Å². The third-order valence-corrected chi connectivity index (χ3v) is 2.23. The van der Waals surface area contributed by atoms with Gasteiger partial charge in [0, 0.05) is 6.54 Å². The summed E-state index contributed by atoms with van der Waals surface area (Å²) in [6, 6.07) is 2.92. The molecule has 0 radical (unpaired) electrons. The highest BCUT2D eigenvalue weighted by Gasteiger charge is 2.10. The molecule has 1 aromatic rings. The smallest absolute Gasteiger partial charge is 0.237 e. The Balaban J connectivity index is 2.55. The van der Waals surface area contributed by atoms with Crippen LogP contribution < -0.4 is 11.1 Å². The minimum atomic E-state index is -0.925. The highest BCUT2D eigenvalue weighted by molar-refractivity contribution is 5.81. The number of amides is 1. The molecule has 0 aromatic heterocycles. The monoisotopic (exact) mass is 228 g/mol. The molecule has 3 N–H and O–H groups in total. The minimum absolute atomic E-state index is 0.143. The number of nitrogens with two attached hydrogens (primary N) is 1. The van der Waals surface area contributed by atoms with Crippen molar-refractivity contribution in [3.8, 4) is 0 Å². The zero-order chi connectivity index (χ0) is 12.1. The molecule has 0 unspecified atom stereocenters. The average Bonchev–Trinajstić information content (AvgIpc) is 2.29. The minimum Gasteiger partial charge on any atom is -0.351 e. The Morgan fingerprint density at radius 1 is 1.44 bits per heavy atom. The molecule has 0 aliphatic carbocycles. The molecule has 0 fully saturated rings. The molecule has 1 rings (SSSR count). The van der Waals surface area contributed by atoms with Gasteiger partial charge in [0.2, 0.25) is 5.91 Å². The second-order valence-corrected chi connectivity index (χ2v) is 3.48. The fourth-order valence-electron chi connectivity index (χ4n) is 1.16. The van der Waals surface area contributed by atoms with Crippen LogP contribution in [0.1, 0.15) is 18.9 Å². The van der Waals surface area contributed by atoms with Crippen LogP contribution in [0, 0.1) is 11.6 Å². The van der Waals surface area contributed by atoms with Crippen molar-refractivity contribution in [2.24, 2.45) is 5.73 Å². The first-order valence-electron chi connectivity index (χ1n) is 5.01. The number of rotatable bonds is 4. The Labute approximate surface area is 92.6 Å². The molecule has 0 saturated carbocycles. The fraction of sp³-hybridized carbons (Fsp3) is 0.364.